The summed E-state index contributed by atoms with van der Waals surface area (Å²) in [5.74, 6) is -0.664. The zero-order valence-electron chi connectivity index (χ0n) is 7.48. The van der Waals surface area contributed by atoms with Crippen molar-refractivity contribution in [2.24, 2.45) is 0 Å². The maximum atomic E-state index is 13.4. The van der Waals surface area contributed by atoms with E-state index < -0.39 is 11.9 Å². The van der Waals surface area contributed by atoms with Crippen LogP contribution in [0.25, 0.3) is 10.9 Å². The third-order valence-electron chi connectivity index (χ3n) is 2.14. The molecule has 5 heteroatoms. The fourth-order valence-electron chi connectivity index (χ4n) is 1.51. The molecule has 1 aromatic carbocycles. The summed E-state index contributed by atoms with van der Waals surface area (Å²) in [5, 5.41) is 9.10. The van der Waals surface area contributed by atoms with Gasteiger partial charge in [-0.2, -0.15) is 0 Å². The number of aromatic nitrogens is 1. The van der Waals surface area contributed by atoms with Crippen molar-refractivity contribution in [3.63, 3.8) is 0 Å². The maximum Gasteiger partial charge on any atom is 0.416 e. The molecule has 76 valence electrons. The number of aldehydes is 1. The van der Waals surface area contributed by atoms with Crippen molar-refractivity contribution >= 4 is 23.3 Å². The molecule has 15 heavy (non-hydrogen) atoms. The predicted octanol–water partition coefficient (Wildman–Crippen LogP) is 2.12. The van der Waals surface area contributed by atoms with Crippen LogP contribution >= 0.6 is 0 Å². The van der Waals surface area contributed by atoms with Crippen LogP contribution in [0.3, 0.4) is 0 Å². The fourth-order valence-corrected chi connectivity index (χ4v) is 1.51. The molecule has 0 atom stereocenters. The molecular formula is C10H6FNO3. The quantitative estimate of drug-likeness (QED) is 0.728. The molecule has 0 radical (unpaired) electrons. The third kappa shape index (κ3) is 1.28. The Kier molecular flexibility index (Phi) is 2.00. The average Bonchev–Trinajstić information content (AvgIpc) is 2.58. The lowest BCUT2D eigenvalue weighted by Crippen LogP contribution is -2.06. The molecule has 2 rings (SSSR count). The summed E-state index contributed by atoms with van der Waals surface area (Å²) in [4.78, 5) is 21.4. The minimum atomic E-state index is -1.32. The van der Waals surface area contributed by atoms with Crippen LogP contribution in [0.5, 0.6) is 0 Å². The molecule has 2 aromatic rings. The number of nitrogens with zero attached hydrogens (tertiary/aromatic N) is 1. The van der Waals surface area contributed by atoms with E-state index in [1.165, 1.54) is 12.1 Å². The third-order valence-corrected chi connectivity index (χ3v) is 2.14. The number of para-hydroxylation sites is 1. The van der Waals surface area contributed by atoms with Gasteiger partial charge in [-0.15, -0.1) is 0 Å². The van der Waals surface area contributed by atoms with Crippen molar-refractivity contribution in [3.8, 4) is 0 Å². The topological polar surface area (TPSA) is 59.3 Å². The van der Waals surface area contributed by atoms with Gasteiger partial charge in [-0.25, -0.2) is 13.8 Å². The standard InChI is InChI=1S/C10H6FNO3/c11-8-3-1-2-7-6(5-13)4-12(9(7)8)10(14)15/h1-5H,(H,14,15). The lowest BCUT2D eigenvalue weighted by Gasteiger charge is -1.97. The first kappa shape index (κ1) is 9.39. The molecule has 1 N–H and O–H groups in total. The van der Waals surface area contributed by atoms with Gasteiger partial charge in [0.1, 0.15) is 5.82 Å². The van der Waals surface area contributed by atoms with Crippen LogP contribution in [0.15, 0.2) is 24.4 Å². The molecule has 0 fully saturated rings. The summed E-state index contributed by atoms with van der Waals surface area (Å²) in [6.45, 7) is 0. The Labute approximate surface area is 83.5 Å². The summed E-state index contributed by atoms with van der Waals surface area (Å²) in [6, 6.07) is 4.08. The molecule has 0 bridgehead atoms. The Morgan fingerprint density at radius 3 is 2.80 bits per heavy atom. The molecule has 1 heterocycles. The highest BCUT2D eigenvalue weighted by Gasteiger charge is 2.15. The fraction of sp³-hybridized carbons (Fsp3) is 0. The smallest absolute Gasteiger partial charge is 0.416 e. The van der Waals surface area contributed by atoms with Gasteiger partial charge in [0.25, 0.3) is 0 Å². The van der Waals surface area contributed by atoms with Crippen LogP contribution in [0.4, 0.5) is 9.18 Å². The van der Waals surface area contributed by atoms with Crippen molar-refractivity contribution in [3.05, 3.63) is 35.8 Å². The number of benzene rings is 1. The van der Waals surface area contributed by atoms with Crippen molar-refractivity contribution in [1.29, 1.82) is 0 Å². The van der Waals surface area contributed by atoms with Gasteiger partial charge in [-0.1, -0.05) is 12.1 Å². The van der Waals surface area contributed by atoms with Crippen LogP contribution in [0.1, 0.15) is 10.4 Å². The summed E-state index contributed by atoms with van der Waals surface area (Å²) in [6.07, 6.45) is 0.280. The largest absolute Gasteiger partial charge is 0.464 e. The first-order valence-electron chi connectivity index (χ1n) is 4.13. The maximum absolute atomic E-state index is 13.4. The normalized spacial score (nSPS) is 10.5. The lowest BCUT2D eigenvalue weighted by molar-refractivity contribution is 0.112. The second-order valence-electron chi connectivity index (χ2n) is 2.99. The molecule has 0 aliphatic carbocycles. The van der Waals surface area contributed by atoms with Crippen molar-refractivity contribution in [1.82, 2.24) is 4.57 Å². The molecule has 0 saturated carbocycles. The van der Waals surface area contributed by atoms with E-state index in [4.69, 9.17) is 5.11 Å². The minimum absolute atomic E-state index is 0.0906. The molecule has 4 nitrogen and oxygen atoms in total. The predicted molar refractivity (Wildman–Crippen MR) is 50.7 cm³/mol. The summed E-state index contributed by atoms with van der Waals surface area (Å²) >= 11 is 0. The zero-order chi connectivity index (χ0) is 11.0. The van der Waals surface area contributed by atoms with E-state index in [1.807, 2.05) is 0 Å². The Morgan fingerprint density at radius 1 is 1.47 bits per heavy atom. The van der Waals surface area contributed by atoms with Crippen LogP contribution in [-0.4, -0.2) is 22.1 Å². The van der Waals surface area contributed by atoms with Gasteiger partial charge in [0.2, 0.25) is 0 Å². The van der Waals surface area contributed by atoms with Gasteiger partial charge in [-0.3, -0.25) is 4.79 Å². The second kappa shape index (κ2) is 3.20. The van der Waals surface area contributed by atoms with E-state index in [0.29, 0.717) is 16.2 Å². The van der Waals surface area contributed by atoms with E-state index in [9.17, 15) is 14.0 Å². The molecule has 0 aliphatic heterocycles. The summed E-state index contributed by atoms with van der Waals surface area (Å²) in [7, 11) is 0. The molecule has 0 unspecified atom stereocenters. The molecular weight excluding hydrogens is 201 g/mol. The highest BCUT2D eigenvalue weighted by Crippen LogP contribution is 2.22. The van der Waals surface area contributed by atoms with E-state index >= 15 is 0 Å². The molecule has 0 amide bonds. The van der Waals surface area contributed by atoms with Crippen molar-refractivity contribution < 1.29 is 19.1 Å². The molecule has 1 aromatic heterocycles. The average molecular weight is 207 g/mol. The first-order valence-corrected chi connectivity index (χ1v) is 4.13. The van der Waals surface area contributed by atoms with E-state index in [0.717, 1.165) is 12.3 Å². The van der Waals surface area contributed by atoms with Gasteiger partial charge >= 0.3 is 6.09 Å². The Hall–Kier alpha value is -2.17. The van der Waals surface area contributed by atoms with E-state index in [2.05, 4.69) is 0 Å². The van der Waals surface area contributed by atoms with Crippen LogP contribution in [-0.2, 0) is 0 Å². The number of halogens is 1. The van der Waals surface area contributed by atoms with Crippen LogP contribution < -0.4 is 0 Å². The van der Waals surface area contributed by atoms with Crippen molar-refractivity contribution in [2.45, 2.75) is 0 Å². The Bertz CT molecular complexity index is 559. The van der Waals surface area contributed by atoms with Crippen LogP contribution in [0.2, 0.25) is 0 Å². The number of carbonyl (C=O) groups is 2. The van der Waals surface area contributed by atoms with Gasteiger partial charge in [0, 0.05) is 17.1 Å². The van der Waals surface area contributed by atoms with Crippen LogP contribution in [0, 0.1) is 5.82 Å². The summed E-state index contributed by atoms with van der Waals surface area (Å²) in [5.41, 5.74) is 0.0685. The highest BCUT2D eigenvalue weighted by atomic mass is 19.1. The Balaban J connectivity index is 2.94. The lowest BCUT2D eigenvalue weighted by atomic mass is 10.2. The molecule has 0 spiro atoms. The second-order valence-corrected chi connectivity index (χ2v) is 2.99. The Morgan fingerprint density at radius 2 is 2.20 bits per heavy atom. The number of fused-ring (bicyclic) bond motifs is 1. The number of carbonyl (C=O) groups excluding carboxylic acids is 1. The molecule has 0 aliphatic rings. The number of rotatable bonds is 1. The number of carboxylic acid groups (broad SMARTS) is 1. The van der Waals surface area contributed by atoms with Gasteiger partial charge in [0.15, 0.2) is 6.29 Å². The summed E-state index contributed by atoms with van der Waals surface area (Å²) < 4.78 is 14.1. The minimum Gasteiger partial charge on any atom is -0.464 e. The van der Waals surface area contributed by atoms with Gasteiger partial charge in [0.05, 0.1) is 5.52 Å². The van der Waals surface area contributed by atoms with E-state index in [-0.39, 0.29) is 11.1 Å². The van der Waals surface area contributed by atoms with Crippen molar-refractivity contribution in [2.75, 3.05) is 0 Å². The van der Waals surface area contributed by atoms with Gasteiger partial charge < -0.3 is 5.11 Å². The number of hydrogen-bond acceptors (Lipinski definition) is 2. The monoisotopic (exact) mass is 207 g/mol. The highest BCUT2D eigenvalue weighted by molar-refractivity contribution is 6.01. The SMILES string of the molecule is O=Cc1cn(C(=O)O)c2c(F)cccc12. The first-order chi connectivity index (χ1) is 7.15. The zero-order valence-corrected chi connectivity index (χ0v) is 7.48. The van der Waals surface area contributed by atoms with Gasteiger partial charge in [-0.05, 0) is 6.07 Å². The number of hydrogen-bond donors (Lipinski definition) is 1. The molecule has 0 saturated heterocycles. The van der Waals surface area contributed by atoms with E-state index in [1.54, 1.807) is 0 Å².